The average Bonchev–Trinajstić information content (AvgIpc) is 2.93. The molecule has 1 aromatic heterocycles. The molecule has 2 aliphatic rings. The molecule has 1 saturated heterocycles. The van der Waals surface area contributed by atoms with Crippen molar-refractivity contribution in [3.8, 4) is 0 Å². The SMILES string of the molecule is O=C1NC[C@H](c2ccn[nH]2)C12CCCC2. The Bertz CT molecular complexity index is 365. The third kappa shape index (κ3) is 1.14. The van der Waals surface area contributed by atoms with Gasteiger partial charge >= 0.3 is 0 Å². The fourth-order valence-corrected chi connectivity index (χ4v) is 3.17. The Hall–Kier alpha value is -1.32. The molecule has 1 aliphatic carbocycles. The zero-order chi connectivity index (χ0) is 10.3. The molecule has 3 rings (SSSR count). The molecule has 2 heterocycles. The maximum atomic E-state index is 12.0. The number of carbonyl (C=O) groups excluding carboxylic acids is 1. The lowest BCUT2D eigenvalue weighted by Crippen LogP contribution is -2.31. The first-order valence-corrected chi connectivity index (χ1v) is 5.60. The predicted octanol–water partition coefficient (Wildman–Crippen LogP) is 1.18. The highest BCUT2D eigenvalue weighted by Crippen LogP contribution is 2.50. The Morgan fingerprint density at radius 1 is 1.40 bits per heavy atom. The predicted molar refractivity (Wildman–Crippen MR) is 55.2 cm³/mol. The van der Waals surface area contributed by atoms with Crippen LogP contribution in [0.4, 0.5) is 0 Å². The van der Waals surface area contributed by atoms with E-state index in [9.17, 15) is 4.79 Å². The van der Waals surface area contributed by atoms with Gasteiger partial charge in [0, 0.05) is 24.4 Å². The van der Waals surface area contributed by atoms with Crippen LogP contribution in [0.3, 0.4) is 0 Å². The van der Waals surface area contributed by atoms with Crippen molar-refractivity contribution in [2.45, 2.75) is 31.6 Å². The zero-order valence-corrected chi connectivity index (χ0v) is 8.62. The summed E-state index contributed by atoms with van der Waals surface area (Å²) in [7, 11) is 0. The molecule has 4 nitrogen and oxygen atoms in total. The quantitative estimate of drug-likeness (QED) is 0.723. The highest BCUT2D eigenvalue weighted by molar-refractivity contribution is 5.86. The number of hydrogen-bond donors (Lipinski definition) is 2. The normalized spacial score (nSPS) is 28.5. The number of aromatic amines is 1. The lowest BCUT2D eigenvalue weighted by molar-refractivity contribution is -0.127. The third-order valence-corrected chi connectivity index (χ3v) is 3.98. The molecule has 2 N–H and O–H groups in total. The minimum atomic E-state index is -0.132. The van der Waals surface area contributed by atoms with E-state index in [2.05, 4.69) is 15.5 Å². The van der Waals surface area contributed by atoms with Gasteiger partial charge in [-0.1, -0.05) is 12.8 Å². The first-order chi connectivity index (χ1) is 7.33. The number of H-pyrrole nitrogens is 1. The second-order valence-electron chi connectivity index (χ2n) is 4.64. The first kappa shape index (κ1) is 8.95. The van der Waals surface area contributed by atoms with E-state index in [1.165, 1.54) is 12.8 Å². The fourth-order valence-electron chi connectivity index (χ4n) is 3.17. The number of hydrogen-bond acceptors (Lipinski definition) is 2. The summed E-state index contributed by atoms with van der Waals surface area (Å²) >= 11 is 0. The lowest BCUT2D eigenvalue weighted by atomic mass is 9.74. The van der Waals surface area contributed by atoms with Crippen LogP contribution in [0, 0.1) is 5.41 Å². The maximum Gasteiger partial charge on any atom is 0.226 e. The Morgan fingerprint density at radius 3 is 2.87 bits per heavy atom. The van der Waals surface area contributed by atoms with Gasteiger partial charge in [-0.05, 0) is 18.9 Å². The molecule has 80 valence electrons. The number of nitrogens with zero attached hydrogens (tertiary/aromatic N) is 1. The van der Waals surface area contributed by atoms with Gasteiger partial charge in [-0.3, -0.25) is 9.89 Å². The molecule has 1 spiro atoms. The number of aromatic nitrogens is 2. The molecule has 1 saturated carbocycles. The number of carbonyl (C=O) groups is 1. The number of amides is 1. The highest BCUT2D eigenvalue weighted by Gasteiger charge is 2.52. The number of rotatable bonds is 1. The monoisotopic (exact) mass is 205 g/mol. The number of nitrogens with one attached hydrogen (secondary N) is 2. The summed E-state index contributed by atoms with van der Waals surface area (Å²) in [6, 6.07) is 1.99. The van der Waals surface area contributed by atoms with Gasteiger partial charge in [0.1, 0.15) is 0 Å². The molecule has 1 amide bonds. The summed E-state index contributed by atoms with van der Waals surface area (Å²) in [5, 5.41) is 9.99. The van der Waals surface area contributed by atoms with Crippen molar-refractivity contribution in [2.24, 2.45) is 5.41 Å². The molecule has 0 bridgehead atoms. The Balaban J connectivity index is 1.99. The molecule has 2 fully saturated rings. The van der Waals surface area contributed by atoms with E-state index >= 15 is 0 Å². The summed E-state index contributed by atoms with van der Waals surface area (Å²) in [6.07, 6.45) is 6.18. The molecule has 1 atom stereocenters. The van der Waals surface area contributed by atoms with Crippen molar-refractivity contribution >= 4 is 5.91 Å². The van der Waals surface area contributed by atoms with Crippen molar-refractivity contribution in [1.29, 1.82) is 0 Å². The van der Waals surface area contributed by atoms with Crippen LogP contribution < -0.4 is 5.32 Å². The van der Waals surface area contributed by atoms with Gasteiger partial charge in [-0.15, -0.1) is 0 Å². The average molecular weight is 205 g/mol. The van der Waals surface area contributed by atoms with Crippen molar-refractivity contribution in [3.63, 3.8) is 0 Å². The van der Waals surface area contributed by atoms with Crippen LogP contribution in [-0.2, 0) is 4.79 Å². The molecule has 0 unspecified atom stereocenters. The molecule has 0 radical (unpaired) electrons. The minimum absolute atomic E-state index is 0.132. The van der Waals surface area contributed by atoms with Crippen LogP contribution in [0.25, 0.3) is 0 Å². The molecule has 4 heteroatoms. The van der Waals surface area contributed by atoms with Crippen LogP contribution in [0.1, 0.15) is 37.3 Å². The van der Waals surface area contributed by atoms with Gasteiger partial charge in [-0.2, -0.15) is 5.10 Å². The fraction of sp³-hybridized carbons (Fsp3) is 0.636. The Morgan fingerprint density at radius 2 is 2.20 bits per heavy atom. The molecule has 1 aliphatic heterocycles. The van der Waals surface area contributed by atoms with Gasteiger partial charge in [-0.25, -0.2) is 0 Å². The molecular weight excluding hydrogens is 190 g/mol. The summed E-state index contributed by atoms with van der Waals surface area (Å²) in [5.74, 6) is 0.551. The summed E-state index contributed by atoms with van der Waals surface area (Å²) in [5.41, 5.74) is 0.974. The summed E-state index contributed by atoms with van der Waals surface area (Å²) in [4.78, 5) is 12.0. The van der Waals surface area contributed by atoms with Crippen LogP contribution >= 0.6 is 0 Å². The van der Waals surface area contributed by atoms with Crippen molar-refractivity contribution in [2.75, 3.05) is 6.54 Å². The second-order valence-corrected chi connectivity index (χ2v) is 4.64. The molecule has 0 aromatic carbocycles. The smallest absolute Gasteiger partial charge is 0.226 e. The molecule has 1 aromatic rings. The van der Waals surface area contributed by atoms with E-state index in [-0.39, 0.29) is 11.3 Å². The third-order valence-electron chi connectivity index (χ3n) is 3.98. The van der Waals surface area contributed by atoms with E-state index in [0.717, 1.165) is 25.1 Å². The molecule has 15 heavy (non-hydrogen) atoms. The molecular formula is C11H15N3O. The van der Waals surface area contributed by atoms with Gasteiger partial charge in [0.25, 0.3) is 0 Å². The van der Waals surface area contributed by atoms with Gasteiger partial charge in [0.15, 0.2) is 0 Å². The topological polar surface area (TPSA) is 57.8 Å². The first-order valence-electron chi connectivity index (χ1n) is 5.60. The summed E-state index contributed by atoms with van der Waals surface area (Å²) < 4.78 is 0. The van der Waals surface area contributed by atoms with Crippen LogP contribution in [-0.4, -0.2) is 22.6 Å². The van der Waals surface area contributed by atoms with E-state index in [4.69, 9.17) is 0 Å². The maximum absolute atomic E-state index is 12.0. The Kier molecular flexibility index (Phi) is 1.84. The van der Waals surface area contributed by atoms with Crippen molar-refractivity contribution < 1.29 is 4.79 Å². The van der Waals surface area contributed by atoms with E-state index in [1.54, 1.807) is 6.20 Å². The van der Waals surface area contributed by atoms with Crippen LogP contribution in [0.2, 0.25) is 0 Å². The van der Waals surface area contributed by atoms with Crippen LogP contribution in [0.15, 0.2) is 12.3 Å². The summed E-state index contributed by atoms with van der Waals surface area (Å²) in [6.45, 7) is 0.765. The largest absolute Gasteiger partial charge is 0.355 e. The van der Waals surface area contributed by atoms with E-state index in [1.807, 2.05) is 6.07 Å². The minimum Gasteiger partial charge on any atom is -0.355 e. The lowest BCUT2D eigenvalue weighted by Gasteiger charge is -2.26. The van der Waals surface area contributed by atoms with Crippen LogP contribution in [0.5, 0.6) is 0 Å². The van der Waals surface area contributed by atoms with Crippen molar-refractivity contribution in [3.05, 3.63) is 18.0 Å². The second kappa shape index (κ2) is 3.08. The Labute approximate surface area is 88.4 Å². The van der Waals surface area contributed by atoms with E-state index < -0.39 is 0 Å². The van der Waals surface area contributed by atoms with Gasteiger partial charge in [0.2, 0.25) is 5.91 Å². The zero-order valence-electron chi connectivity index (χ0n) is 8.62. The van der Waals surface area contributed by atoms with Gasteiger partial charge in [0.05, 0.1) is 5.41 Å². The highest BCUT2D eigenvalue weighted by atomic mass is 16.2. The van der Waals surface area contributed by atoms with Gasteiger partial charge < -0.3 is 5.32 Å². The standard InChI is InChI=1S/C11H15N3O/c15-10-11(4-1-2-5-11)8(7-12-10)9-3-6-13-14-9/h3,6,8H,1-2,4-5,7H2,(H,12,15)(H,13,14)/t8-/m1/s1. The van der Waals surface area contributed by atoms with Crippen molar-refractivity contribution in [1.82, 2.24) is 15.5 Å². The van der Waals surface area contributed by atoms with E-state index in [0.29, 0.717) is 5.92 Å².